The Bertz CT molecular complexity index is 650. The Balaban J connectivity index is 1.41. The molecule has 25 heavy (non-hydrogen) atoms. The number of amides is 2. The molecular formula is C20H25ClN2O2. The first kappa shape index (κ1) is 16.9. The van der Waals surface area contributed by atoms with Crippen LogP contribution in [0.5, 0.6) is 0 Å². The van der Waals surface area contributed by atoms with Crippen molar-refractivity contribution in [1.82, 2.24) is 10.2 Å². The molecule has 1 aromatic carbocycles. The number of carbonyl (C=O) groups excluding carboxylic acids is 2. The van der Waals surface area contributed by atoms with Crippen molar-refractivity contribution in [3.63, 3.8) is 0 Å². The maximum absolute atomic E-state index is 12.8. The fourth-order valence-electron chi connectivity index (χ4n) is 4.32. The van der Waals surface area contributed by atoms with Crippen LogP contribution in [-0.2, 0) is 9.59 Å². The van der Waals surface area contributed by atoms with Crippen LogP contribution in [0.2, 0.25) is 5.02 Å². The third kappa shape index (κ3) is 3.69. The molecule has 1 aliphatic heterocycles. The van der Waals surface area contributed by atoms with Crippen molar-refractivity contribution in [2.24, 2.45) is 11.8 Å². The predicted octanol–water partition coefficient (Wildman–Crippen LogP) is 3.70. The molecule has 2 aliphatic carbocycles. The van der Waals surface area contributed by atoms with Crippen molar-refractivity contribution in [3.05, 3.63) is 34.9 Å². The van der Waals surface area contributed by atoms with E-state index in [-0.39, 0.29) is 23.8 Å². The van der Waals surface area contributed by atoms with Gasteiger partial charge in [-0.25, -0.2) is 0 Å². The van der Waals surface area contributed by atoms with Gasteiger partial charge < -0.3 is 10.2 Å². The van der Waals surface area contributed by atoms with Gasteiger partial charge in [-0.2, -0.15) is 0 Å². The summed E-state index contributed by atoms with van der Waals surface area (Å²) in [6.07, 6.45) is 7.24. The molecule has 1 aromatic rings. The van der Waals surface area contributed by atoms with E-state index in [9.17, 15) is 9.59 Å². The number of hydrogen-bond donors (Lipinski definition) is 1. The average molecular weight is 361 g/mol. The summed E-state index contributed by atoms with van der Waals surface area (Å²) >= 11 is 5.98. The largest absolute Gasteiger partial charge is 0.349 e. The van der Waals surface area contributed by atoms with Crippen LogP contribution in [-0.4, -0.2) is 29.3 Å². The first-order chi connectivity index (χ1) is 12.1. The Morgan fingerprint density at radius 3 is 2.44 bits per heavy atom. The molecule has 4 nitrogen and oxygen atoms in total. The summed E-state index contributed by atoms with van der Waals surface area (Å²) in [6.45, 7) is 0.591. The summed E-state index contributed by atoms with van der Waals surface area (Å²) in [5.74, 6) is 0.483. The molecule has 2 unspecified atom stereocenters. The summed E-state index contributed by atoms with van der Waals surface area (Å²) in [5, 5.41) is 3.93. The van der Waals surface area contributed by atoms with E-state index in [4.69, 9.17) is 11.6 Å². The van der Waals surface area contributed by atoms with Gasteiger partial charge in [-0.15, -0.1) is 0 Å². The van der Waals surface area contributed by atoms with Crippen LogP contribution in [0.25, 0.3) is 0 Å². The molecular weight excluding hydrogens is 336 g/mol. The molecule has 5 heteroatoms. The zero-order valence-corrected chi connectivity index (χ0v) is 15.2. The summed E-state index contributed by atoms with van der Waals surface area (Å²) in [5.41, 5.74) is 1.11. The Labute approximate surface area is 153 Å². The third-order valence-electron chi connectivity index (χ3n) is 5.92. The van der Waals surface area contributed by atoms with E-state index in [1.165, 1.54) is 12.8 Å². The van der Waals surface area contributed by atoms with E-state index < -0.39 is 0 Å². The number of benzene rings is 1. The zero-order chi connectivity index (χ0) is 17.4. The number of halogens is 1. The molecule has 0 aromatic heterocycles. The zero-order valence-electron chi connectivity index (χ0n) is 14.4. The maximum Gasteiger partial charge on any atom is 0.225 e. The van der Waals surface area contributed by atoms with Gasteiger partial charge in [-0.3, -0.25) is 9.59 Å². The first-order valence-corrected chi connectivity index (χ1v) is 9.85. The minimum Gasteiger partial charge on any atom is -0.349 e. The summed E-state index contributed by atoms with van der Waals surface area (Å²) in [6, 6.07) is 8.15. The third-order valence-corrected chi connectivity index (χ3v) is 6.17. The highest BCUT2D eigenvalue weighted by Crippen LogP contribution is 2.41. The molecule has 0 bridgehead atoms. The van der Waals surface area contributed by atoms with E-state index in [1.807, 2.05) is 29.2 Å². The summed E-state index contributed by atoms with van der Waals surface area (Å²) in [4.78, 5) is 27.1. The quantitative estimate of drug-likeness (QED) is 0.870. The minimum atomic E-state index is -0.207. The van der Waals surface area contributed by atoms with Crippen LogP contribution in [0.15, 0.2) is 24.3 Å². The van der Waals surface area contributed by atoms with Gasteiger partial charge in [0.05, 0.1) is 12.0 Å². The lowest BCUT2D eigenvalue weighted by molar-refractivity contribution is -0.130. The summed E-state index contributed by atoms with van der Waals surface area (Å²) in [7, 11) is 0. The van der Waals surface area contributed by atoms with E-state index in [1.54, 1.807) is 0 Å². The Morgan fingerprint density at radius 1 is 1.12 bits per heavy atom. The highest BCUT2D eigenvalue weighted by Gasteiger charge is 2.40. The van der Waals surface area contributed by atoms with E-state index in [0.717, 1.165) is 31.2 Å². The van der Waals surface area contributed by atoms with Gasteiger partial charge in [0.1, 0.15) is 0 Å². The van der Waals surface area contributed by atoms with Crippen LogP contribution < -0.4 is 5.32 Å². The molecule has 0 spiro atoms. The van der Waals surface area contributed by atoms with Gasteiger partial charge in [0.2, 0.25) is 11.8 Å². The van der Waals surface area contributed by atoms with Gasteiger partial charge in [-0.1, -0.05) is 36.6 Å². The van der Waals surface area contributed by atoms with Crippen LogP contribution >= 0.6 is 11.6 Å². The second-order valence-electron chi connectivity index (χ2n) is 7.76. The molecule has 2 amide bonds. The normalized spacial score (nSPS) is 25.4. The van der Waals surface area contributed by atoms with Gasteiger partial charge >= 0.3 is 0 Å². The van der Waals surface area contributed by atoms with Crippen molar-refractivity contribution < 1.29 is 9.59 Å². The van der Waals surface area contributed by atoms with Crippen LogP contribution in [0.1, 0.15) is 56.6 Å². The van der Waals surface area contributed by atoms with Crippen LogP contribution in [0.3, 0.4) is 0 Å². The Kier molecular flexibility index (Phi) is 4.72. The van der Waals surface area contributed by atoms with Gasteiger partial charge in [0, 0.05) is 24.0 Å². The lowest BCUT2D eigenvalue weighted by Gasteiger charge is -2.24. The number of hydrogen-bond acceptors (Lipinski definition) is 2. The standard InChI is InChI=1S/C20H25ClN2O2/c21-16-9-7-14(8-10-16)19(13-5-6-13)22-20(25)15-11-18(24)23(12-15)17-3-1-2-4-17/h7-10,13,15,17,19H,1-6,11-12H2,(H,22,25). The molecule has 1 N–H and O–H groups in total. The number of carbonyl (C=O) groups is 2. The molecule has 3 aliphatic rings. The van der Waals surface area contributed by atoms with Crippen molar-refractivity contribution in [3.8, 4) is 0 Å². The second-order valence-corrected chi connectivity index (χ2v) is 8.20. The molecule has 2 saturated carbocycles. The lowest BCUT2D eigenvalue weighted by atomic mass is 10.0. The van der Waals surface area contributed by atoms with Crippen molar-refractivity contribution >= 4 is 23.4 Å². The number of nitrogens with one attached hydrogen (secondary N) is 1. The highest BCUT2D eigenvalue weighted by molar-refractivity contribution is 6.30. The number of nitrogens with zero attached hydrogens (tertiary/aromatic N) is 1. The predicted molar refractivity (Wildman–Crippen MR) is 97.1 cm³/mol. The van der Waals surface area contributed by atoms with E-state index in [2.05, 4.69) is 5.32 Å². The highest BCUT2D eigenvalue weighted by atomic mass is 35.5. The number of likely N-dealkylation sites (tertiary alicyclic amines) is 1. The lowest BCUT2D eigenvalue weighted by Crippen LogP contribution is -2.38. The molecule has 1 heterocycles. The number of rotatable bonds is 5. The fourth-order valence-corrected chi connectivity index (χ4v) is 4.45. The monoisotopic (exact) mass is 360 g/mol. The van der Waals surface area contributed by atoms with E-state index >= 15 is 0 Å². The van der Waals surface area contributed by atoms with Crippen LogP contribution in [0, 0.1) is 11.8 Å². The van der Waals surface area contributed by atoms with E-state index in [0.29, 0.717) is 29.9 Å². The minimum absolute atomic E-state index is 0.0284. The summed E-state index contributed by atoms with van der Waals surface area (Å²) < 4.78 is 0. The van der Waals surface area contributed by atoms with Crippen molar-refractivity contribution in [1.29, 1.82) is 0 Å². The van der Waals surface area contributed by atoms with Gasteiger partial charge in [0.15, 0.2) is 0 Å². The molecule has 3 fully saturated rings. The van der Waals surface area contributed by atoms with Crippen LogP contribution in [0.4, 0.5) is 0 Å². The van der Waals surface area contributed by atoms with Crippen molar-refractivity contribution in [2.45, 2.75) is 57.0 Å². The molecule has 1 saturated heterocycles. The average Bonchev–Trinajstić information content (AvgIpc) is 3.14. The van der Waals surface area contributed by atoms with Gasteiger partial charge in [0.25, 0.3) is 0 Å². The van der Waals surface area contributed by atoms with Crippen molar-refractivity contribution in [2.75, 3.05) is 6.54 Å². The van der Waals surface area contributed by atoms with Gasteiger partial charge in [-0.05, 0) is 49.3 Å². The molecule has 0 radical (unpaired) electrons. The molecule has 4 rings (SSSR count). The Hall–Kier alpha value is -1.55. The first-order valence-electron chi connectivity index (χ1n) is 9.47. The molecule has 2 atom stereocenters. The fraction of sp³-hybridized carbons (Fsp3) is 0.600. The smallest absolute Gasteiger partial charge is 0.225 e. The SMILES string of the molecule is O=C(NC(c1ccc(Cl)cc1)C1CC1)C1CC(=O)N(C2CCCC2)C1. The maximum atomic E-state index is 12.8. The second kappa shape index (κ2) is 6.99. The topological polar surface area (TPSA) is 49.4 Å². The Morgan fingerprint density at radius 2 is 1.80 bits per heavy atom. The molecule has 134 valence electrons.